The van der Waals surface area contributed by atoms with Crippen molar-refractivity contribution in [2.75, 3.05) is 6.79 Å². The standard InChI is InChI=1S/C24H18Cl2N4O5S2/c1-13-6-22(21(9-17(13)25)36-11-15-7-19-20(8-18(15)26)35-12-34-19)37(32,33)29-24(27)30-23(31)16-5-3-2-4-14(16)10-28-30/h2-10H,11-12H2,1H3,(H2,27,29). The monoisotopic (exact) mass is 576 g/mol. The molecule has 5 rings (SSSR count). The molecule has 190 valence electrons. The van der Waals surface area contributed by atoms with E-state index >= 15 is 0 Å². The van der Waals surface area contributed by atoms with Crippen LogP contribution in [0.5, 0.6) is 11.5 Å². The van der Waals surface area contributed by atoms with E-state index in [9.17, 15) is 13.2 Å². The van der Waals surface area contributed by atoms with Gasteiger partial charge in [0.1, 0.15) is 4.90 Å². The average Bonchev–Trinajstić information content (AvgIpc) is 3.31. The topological polar surface area (TPSA) is 126 Å². The number of rotatable bonds is 5. The van der Waals surface area contributed by atoms with E-state index in [0.717, 1.165) is 4.68 Å². The van der Waals surface area contributed by atoms with Crippen LogP contribution in [0.2, 0.25) is 10.0 Å². The predicted octanol–water partition coefficient (Wildman–Crippen LogP) is 4.58. The summed E-state index contributed by atoms with van der Waals surface area (Å²) in [6.45, 7) is 1.78. The molecule has 0 fully saturated rings. The number of fused-ring (bicyclic) bond motifs is 2. The van der Waals surface area contributed by atoms with Gasteiger partial charge in [-0.1, -0.05) is 41.4 Å². The van der Waals surface area contributed by atoms with Crippen molar-refractivity contribution in [3.05, 3.63) is 86.3 Å². The van der Waals surface area contributed by atoms with E-state index in [1.165, 1.54) is 24.0 Å². The number of ether oxygens (including phenoxy) is 2. The third kappa shape index (κ3) is 4.99. The molecular weight excluding hydrogens is 559 g/mol. The highest BCUT2D eigenvalue weighted by molar-refractivity contribution is 7.99. The maximum atomic E-state index is 13.4. The summed E-state index contributed by atoms with van der Waals surface area (Å²) in [5.74, 6) is 0.823. The van der Waals surface area contributed by atoms with Crippen LogP contribution in [0.3, 0.4) is 0 Å². The Labute approximate surface area is 225 Å². The van der Waals surface area contributed by atoms with Gasteiger partial charge in [-0.3, -0.25) is 4.79 Å². The summed E-state index contributed by atoms with van der Waals surface area (Å²) < 4.78 is 42.0. The van der Waals surface area contributed by atoms with Crippen molar-refractivity contribution in [2.24, 2.45) is 10.1 Å². The van der Waals surface area contributed by atoms with Crippen LogP contribution in [0.25, 0.3) is 10.8 Å². The molecule has 0 saturated heterocycles. The number of hydrogen-bond donors (Lipinski definition) is 1. The first kappa shape index (κ1) is 25.4. The van der Waals surface area contributed by atoms with Gasteiger partial charge in [-0.05, 0) is 42.3 Å². The Hall–Kier alpha value is -3.25. The van der Waals surface area contributed by atoms with Gasteiger partial charge in [-0.25, -0.2) is 0 Å². The molecule has 13 heteroatoms. The van der Waals surface area contributed by atoms with Crippen LogP contribution in [0.1, 0.15) is 11.1 Å². The Morgan fingerprint density at radius 3 is 2.65 bits per heavy atom. The molecule has 0 bridgehead atoms. The van der Waals surface area contributed by atoms with Gasteiger partial charge in [0.05, 0.1) is 11.6 Å². The van der Waals surface area contributed by atoms with Crippen LogP contribution in [0.15, 0.2) is 73.7 Å². The highest BCUT2D eigenvalue weighted by atomic mass is 35.5. The number of aromatic nitrogens is 2. The fourth-order valence-electron chi connectivity index (χ4n) is 3.64. The maximum absolute atomic E-state index is 13.4. The van der Waals surface area contributed by atoms with E-state index in [0.29, 0.717) is 54.1 Å². The van der Waals surface area contributed by atoms with Crippen molar-refractivity contribution in [3.63, 3.8) is 0 Å². The minimum absolute atomic E-state index is 0.104. The molecule has 0 amide bonds. The number of nitrogens with zero attached hydrogens (tertiary/aromatic N) is 3. The molecule has 0 aliphatic carbocycles. The molecular formula is C24H18Cl2N4O5S2. The Morgan fingerprint density at radius 1 is 1.14 bits per heavy atom. The lowest BCUT2D eigenvalue weighted by Crippen LogP contribution is -2.35. The minimum atomic E-state index is -4.37. The first-order chi connectivity index (χ1) is 17.6. The quantitative estimate of drug-likeness (QED) is 0.208. The number of nitrogens with two attached hydrogens (primary N) is 1. The van der Waals surface area contributed by atoms with Crippen molar-refractivity contribution in [1.82, 2.24) is 9.78 Å². The van der Waals surface area contributed by atoms with Gasteiger partial charge in [0.2, 0.25) is 12.8 Å². The van der Waals surface area contributed by atoms with E-state index in [1.807, 2.05) is 0 Å². The normalized spacial score (nSPS) is 13.3. The Bertz CT molecular complexity index is 1760. The zero-order chi connectivity index (χ0) is 26.3. The van der Waals surface area contributed by atoms with Gasteiger partial charge in [-0.2, -0.15) is 18.2 Å². The Morgan fingerprint density at radius 2 is 1.86 bits per heavy atom. The first-order valence-corrected chi connectivity index (χ1v) is 13.9. The van der Waals surface area contributed by atoms with Gasteiger partial charge in [-0.15, -0.1) is 16.2 Å². The van der Waals surface area contributed by atoms with Crippen LogP contribution < -0.4 is 20.8 Å². The molecule has 0 saturated carbocycles. The molecule has 4 aromatic rings. The second-order valence-electron chi connectivity index (χ2n) is 8.01. The fraction of sp³-hybridized carbons (Fsp3) is 0.125. The molecule has 0 unspecified atom stereocenters. The molecule has 2 heterocycles. The number of halogens is 2. The summed E-state index contributed by atoms with van der Waals surface area (Å²) in [4.78, 5) is 13.0. The molecule has 0 radical (unpaired) electrons. The van der Waals surface area contributed by atoms with Crippen molar-refractivity contribution in [3.8, 4) is 11.5 Å². The van der Waals surface area contributed by atoms with E-state index in [1.54, 1.807) is 49.4 Å². The Balaban J connectivity index is 1.51. The second-order valence-corrected chi connectivity index (χ2v) is 11.4. The molecule has 1 aliphatic heterocycles. The molecule has 37 heavy (non-hydrogen) atoms. The zero-order valence-corrected chi connectivity index (χ0v) is 22.3. The lowest BCUT2D eigenvalue weighted by molar-refractivity contribution is 0.174. The van der Waals surface area contributed by atoms with Crippen LogP contribution in [-0.2, 0) is 15.8 Å². The number of sulfonamides is 1. The SMILES string of the molecule is Cc1cc(S(=O)(=O)/N=C(\N)n2ncc3ccccc3c2=O)c(SCc2cc3c(cc2Cl)OCO3)cc1Cl. The first-order valence-electron chi connectivity index (χ1n) is 10.7. The highest BCUT2D eigenvalue weighted by Crippen LogP contribution is 2.40. The van der Waals surface area contributed by atoms with E-state index in [4.69, 9.17) is 38.4 Å². The second kappa shape index (κ2) is 9.90. The Kier molecular flexibility index (Phi) is 6.80. The highest BCUT2D eigenvalue weighted by Gasteiger charge is 2.23. The van der Waals surface area contributed by atoms with Gasteiger partial charge < -0.3 is 15.2 Å². The van der Waals surface area contributed by atoms with Crippen LogP contribution in [-0.4, -0.2) is 31.0 Å². The van der Waals surface area contributed by atoms with E-state index < -0.39 is 21.5 Å². The molecule has 3 aromatic carbocycles. The van der Waals surface area contributed by atoms with Gasteiger partial charge in [0.15, 0.2) is 11.5 Å². The summed E-state index contributed by atoms with van der Waals surface area (Å²) >= 11 is 13.9. The predicted molar refractivity (Wildman–Crippen MR) is 144 cm³/mol. The third-order valence-corrected chi connectivity index (χ3v) is 8.87. The number of hydrogen-bond acceptors (Lipinski definition) is 7. The lowest BCUT2D eigenvalue weighted by Gasteiger charge is -2.12. The summed E-state index contributed by atoms with van der Waals surface area (Å²) in [5, 5.41) is 5.72. The van der Waals surface area contributed by atoms with Crippen molar-refractivity contribution in [1.29, 1.82) is 0 Å². The molecule has 2 N–H and O–H groups in total. The fourth-order valence-corrected chi connectivity index (χ4v) is 6.68. The minimum Gasteiger partial charge on any atom is -0.454 e. The largest absolute Gasteiger partial charge is 0.454 e. The van der Waals surface area contributed by atoms with Gasteiger partial charge in [0, 0.05) is 32.1 Å². The van der Waals surface area contributed by atoms with E-state index in [2.05, 4.69) is 9.50 Å². The third-order valence-electron chi connectivity index (χ3n) is 5.55. The maximum Gasteiger partial charge on any atom is 0.286 e. The van der Waals surface area contributed by atoms with Crippen molar-refractivity contribution in [2.45, 2.75) is 22.5 Å². The van der Waals surface area contributed by atoms with E-state index in [-0.39, 0.29) is 11.7 Å². The van der Waals surface area contributed by atoms with Gasteiger partial charge in [0.25, 0.3) is 15.6 Å². The van der Waals surface area contributed by atoms with Crippen molar-refractivity contribution >= 4 is 61.7 Å². The molecule has 0 spiro atoms. The average molecular weight is 577 g/mol. The lowest BCUT2D eigenvalue weighted by atomic mass is 10.2. The number of thioether (sulfide) groups is 1. The molecule has 1 aromatic heterocycles. The van der Waals surface area contributed by atoms with Crippen LogP contribution in [0, 0.1) is 6.92 Å². The zero-order valence-electron chi connectivity index (χ0n) is 19.1. The number of benzene rings is 3. The van der Waals surface area contributed by atoms with Crippen LogP contribution >= 0.6 is 35.0 Å². The summed E-state index contributed by atoms with van der Waals surface area (Å²) in [5.41, 5.74) is 6.61. The smallest absolute Gasteiger partial charge is 0.286 e. The van der Waals surface area contributed by atoms with Crippen LogP contribution in [0.4, 0.5) is 0 Å². The van der Waals surface area contributed by atoms with Crippen molar-refractivity contribution < 1.29 is 17.9 Å². The molecule has 9 nitrogen and oxygen atoms in total. The molecule has 1 aliphatic rings. The molecule has 0 atom stereocenters. The summed E-state index contributed by atoms with van der Waals surface area (Å²) in [6, 6.07) is 13.1. The number of aryl methyl sites for hydroxylation is 1. The summed E-state index contributed by atoms with van der Waals surface area (Å²) in [7, 11) is -4.37. The summed E-state index contributed by atoms with van der Waals surface area (Å²) in [6.07, 6.45) is 1.41. The van der Waals surface area contributed by atoms with Gasteiger partial charge >= 0.3 is 0 Å².